The van der Waals surface area contributed by atoms with E-state index in [1.165, 1.54) is 60.1 Å². The lowest BCUT2D eigenvalue weighted by Crippen LogP contribution is -2.32. The van der Waals surface area contributed by atoms with Gasteiger partial charge in [0.25, 0.3) is 0 Å². The standard InChI is InChI=1S/C33H34F3N3O6S.C32H32F3N3O6S/c1-16(2)43-26-13-20(31(40)41-3)14-27-29(26)38-32(46-27)37-23-11-19-10-18(23)12-25(19)42-15-22-28(39-45-30(22)17-8-9-17)21-6-4-5-7-24(21)44-33(34,35)36;1-15(2)42-25-12-19(30(39)40)13-26-28(25)37-31(45-26)36-22-10-18-9-17(22)11-24(18)41-14-21-27(38-44-29(21)16-7-8-16)20-5-3-4-6-23(20)43-32(33,34)35/h4-7,13-14,16-19,23,25H,8-12,15H2,1-3H3,(H,37,38);3-6,12-13,15-18,22,24H,7-11,14H2,1-2H3,(H,36,37)(H,39,40)/t18-,19-,23+,25-;17-,18-,22+,24-/m00/s1. The fourth-order valence-electron chi connectivity index (χ4n) is 13.5. The van der Waals surface area contributed by atoms with Crippen LogP contribution in [0.2, 0.25) is 0 Å². The topological polar surface area (TPSA) is 221 Å². The molecule has 0 amide bonds. The van der Waals surface area contributed by atoms with Crippen molar-refractivity contribution in [3.63, 3.8) is 0 Å². The summed E-state index contributed by atoms with van der Waals surface area (Å²) in [7, 11) is 1.35. The number of nitrogens with one attached hydrogen (secondary N) is 2. The average Bonchev–Trinajstić information content (AvgIpc) is 1.69. The van der Waals surface area contributed by atoms with Gasteiger partial charge in [0.15, 0.2) is 10.3 Å². The predicted octanol–water partition coefficient (Wildman–Crippen LogP) is 16.1. The molecule has 8 aromatic rings. The third-order valence-corrected chi connectivity index (χ3v) is 19.5. The van der Waals surface area contributed by atoms with Gasteiger partial charge in [-0.25, -0.2) is 19.6 Å². The molecule has 6 aliphatic rings. The number of halogens is 6. The number of anilines is 2. The second-order valence-corrected chi connectivity index (χ2v) is 26.9. The smallest absolute Gasteiger partial charge is 0.489 e. The SMILES string of the molecule is CC(C)Oc1cc(C(=O)O)cc2sc(N[C@@H]3C[C@@H]4C[C@H]3C[C@@H]4OCc3c(-c4ccccc4OC(F)(F)F)noc3C3CC3)nc12.COC(=O)c1cc(OC(C)C)c2nc(N[C@@H]3C[C@@H]4C[C@H]3C[C@@H]4OCc3c(-c4ccccc4OC(F)(F)F)noc3C3CC3)sc2c1. The van der Waals surface area contributed by atoms with Crippen LogP contribution >= 0.6 is 22.7 Å². The van der Waals surface area contributed by atoms with E-state index in [9.17, 15) is 41.0 Å². The Balaban J connectivity index is 0.000000167. The summed E-state index contributed by atoms with van der Waals surface area (Å²) >= 11 is 2.89. The minimum absolute atomic E-state index is 0.00376. The van der Waals surface area contributed by atoms with E-state index < -0.39 is 24.7 Å². The zero-order valence-electron chi connectivity index (χ0n) is 50.2. The Morgan fingerprint density at radius 2 is 1.02 bits per heavy atom. The van der Waals surface area contributed by atoms with Crippen molar-refractivity contribution in [2.45, 2.75) is 166 Å². The summed E-state index contributed by atoms with van der Waals surface area (Å²) < 4.78 is 130. The van der Waals surface area contributed by atoms with Gasteiger partial charge in [0, 0.05) is 46.2 Å². The van der Waals surface area contributed by atoms with E-state index in [-0.39, 0.29) is 89.7 Å². The molecule has 4 aromatic carbocycles. The quantitative estimate of drug-likeness (QED) is 0.0424. The lowest BCUT2D eigenvalue weighted by Gasteiger charge is -2.28. The van der Waals surface area contributed by atoms with Crippen LogP contribution in [-0.2, 0) is 27.4 Å². The summed E-state index contributed by atoms with van der Waals surface area (Å²) in [6.45, 7) is 8.02. The van der Waals surface area contributed by atoms with Gasteiger partial charge in [-0.2, -0.15) is 0 Å². The van der Waals surface area contributed by atoms with Gasteiger partial charge in [-0.05, 0) is 164 Å². The first-order valence-corrected chi connectivity index (χ1v) is 32.2. The van der Waals surface area contributed by atoms with Crippen LogP contribution in [0.3, 0.4) is 0 Å². The Kier molecular flexibility index (Phi) is 17.1. The number of rotatable bonds is 22. The van der Waals surface area contributed by atoms with Crippen molar-refractivity contribution in [2.24, 2.45) is 23.7 Å². The van der Waals surface area contributed by atoms with Crippen molar-refractivity contribution in [3.8, 4) is 45.5 Å². The van der Waals surface area contributed by atoms with Crippen molar-refractivity contribution >= 4 is 65.3 Å². The summed E-state index contributed by atoms with van der Waals surface area (Å²) in [6.07, 6.45) is -0.590. The number of nitrogens with zero attached hydrogens (tertiary/aromatic N) is 4. The van der Waals surface area contributed by atoms with Gasteiger partial charge in [-0.3, -0.25) is 0 Å². The number of methoxy groups -OCH3 is 1. The third-order valence-electron chi connectivity index (χ3n) is 17.7. The molecule has 0 spiro atoms. The molecule has 6 aliphatic carbocycles. The molecule has 14 rings (SSSR count). The number of aromatic nitrogens is 4. The number of fused-ring (bicyclic) bond motifs is 6. The maximum absolute atomic E-state index is 13.1. The fourth-order valence-corrected chi connectivity index (χ4v) is 15.5. The molecule has 6 saturated carbocycles. The predicted molar refractivity (Wildman–Crippen MR) is 324 cm³/mol. The summed E-state index contributed by atoms with van der Waals surface area (Å²) in [5, 5.41) is 26.6. The van der Waals surface area contributed by atoms with Crippen molar-refractivity contribution in [2.75, 3.05) is 17.7 Å². The molecule has 91 heavy (non-hydrogen) atoms. The molecule has 4 bridgehead atoms. The summed E-state index contributed by atoms with van der Waals surface area (Å²) in [5.41, 5.74) is 4.39. The lowest BCUT2D eigenvalue weighted by atomic mass is 9.93. The van der Waals surface area contributed by atoms with Gasteiger partial charge in [-0.1, -0.05) is 57.3 Å². The Morgan fingerprint density at radius 1 is 0.593 bits per heavy atom. The molecule has 8 atom stereocenters. The van der Waals surface area contributed by atoms with Gasteiger partial charge in [0.2, 0.25) is 0 Å². The van der Waals surface area contributed by atoms with Crippen LogP contribution in [0.25, 0.3) is 42.9 Å². The number of aromatic carboxylic acids is 1. The first-order chi connectivity index (χ1) is 43.6. The van der Waals surface area contributed by atoms with Gasteiger partial charge in [0.1, 0.15) is 56.9 Å². The second kappa shape index (κ2) is 25.1. The van der Waals surface area contributed by atoms with Crippen LogP contribution in [0, 0.1) is 23.7 Å². The normalized spacial score (nSPS) is 22.6. The Bertz CT molecular complexity index is 3990. The number of ether oxygens (including phenoxy) is 7. The zero-order chi connectivity index (χ0) is 63.6. The minimum Gasteiger partial charge on any atom is -0.489 e. The second-order valence-electron chi connectivity index (χ2n) is 24.8. The van der Waals surface area contributed by atoms with Crippen LogP contribution < -0.4 is 29.6 Å². The minimum atomic E-state index is -4.83. The third kappa shape index (κ3) is 13.8. The first kappa shape index (κ1) is 62.1. The van der Waals surface area contributed by atoms with E-state index in [0.29, 0.717) is 85.8 Å². The largest absolute Gasteiger partial charge is 0.573 e. The molecule has 0 unspecified atom stereocenters. The van der Waals surface area contributed by atoms with Crippen molar-refractivity contribution in [1.29, 1.82) is 0 Å². The summed E-state index contributed by atoms with van der Waals surface area (Å²) in [6, 6.07) is 19.0. The van der Waals surface area contributed by atoms with Crippen LogP contribution in [0.15, 0.2) is 81.8 Å². The number of thiazole rings is 2. The van der Waals surface area contributed by atoms with Crippen LogP contribution in [0.5, 0.6) is 23.0 Å². The van der Waals surface area contributed by atoms with Crippen LogP contribution in [0.4, 0.5) is 36.6 Å². The number of carbonyl (C=O) groups is 2. The Labute approximate surface area is 526 Å². The van der Waals surface area contributed by atoms with Crippen LogP contribution in [-0.4, -0.2) is 93.7 Å². The number of carboxylic acids is 1. The Morgan fingerprint density at radius 3 is 1.41 bits per heavy atom. The number of hydrogen-bond donors (Lipinski definition) is 3. The summed E-state index contributed by atoms with van der Waals surface area (Å²) in [4.78, 5) is 33.5. The molecule has 18 nitrogen and oxygen atoms in total. The van der Waals surface area contributed by atoms with Crippen molar-refractivity contribution < 1.29 is 83.2 Å². The number of para-hydroxylation sites is 2. The lowest BCUT2D eigenvalue weighted by molar-refractivity contribution is -0.275. The van der Waals surface area contributed by atoms with Gasteiger partial charge >= 0.3 is 24.7 Å². The molecule has 6 fully saturated rings. The molecule has 4 aromatic heterocycles. The monoisotopic (exact) mass is 1300 g/mol. The van der Waals surface area contributed by atoms with E-state index in [0.717, 1.165) is 83.9 Å². The zero-order valence-corrected chi connectivity index (χ0v) is 51.8. The molecule has 26 heteroatoms. The highest BCUT2D eigenvalue weighted by Crippen LogP contribution is 2.53. The first-order valence-electron chi connectivity index (χ1n) is 30.6. The maximum atomic E-state index is 13.1. The van der Waals surface area contributed by atoms with Crippen molar-refractivity contribution in [1.82, 2.24) is 20.3 Å². The number of esters is 1. The van der Waals surface area contributed by atoms with E-state index >= 15 is 0 Å². The molecule has 482 valence electrons. The van der Waals surface area contributed by atoms with E-state index in [2.05, 4.69) is 30.4 Å². The van der Waals surface area contributed by atoms with Crippen molar-refractivity contribution in [3.05, 3.63) is 107 Å². The molecule has 0 aliphatic heterocycles. The van der Waals surface area contributed by atoms with Gasteiger partial charge < -0.3 is 57.9 Å². The molecular weight excluding hydrogens is 1230 g/mol. The Hall–Kier alpha value is -7.68. The number of benzene rings is 4. The molecule has 4 heterocycles. The van der Waals surface area contributed by atoms with Gasteiger partial charge in [-0.15, -0.1) is 26.3 Å². The highest BCUT2D eigenvalue weighted by molar-refractivity contribution is 7.22. The highest BCUT2D eigenvalue weighted by atomic mass is 32.1. The average molecular weight is 1300 g/mol. The molecule has 3 N–H and O–H groups in total. The number of hydrogen-bond acceptors (Lipinski definition) is 19. The number of alkyl halides is 6. The van der Waals surface area contributed by atoms with E-state index in [1.807, 2.05) is 27.7 Å². The molecule has 0 radical (unpaired) electrons. The molecule has 0 saturated heterocycles. The van der Waals surface area contributed by atoms with Gasteiger partial charge in [0.05, 0.1) is 65.3 Å². The fraction of sp³-hybridized carbons (Fsp3) is 0.477. The van der Waals surface area contributed by atoms with Crippen LogP contribution in [0.1, 0.15) is 147 Å². The van der Waals surface area contributed by atoms with E-state index in [1.54, 1.807) is 42.5 Å². The molecular formula is C65H66F6N6O12S2. The summed E-state index contributed by atoms with van der Waals surface area (Å²) in [5.74, 6) is 2.05. The van der Waals surface area contributed by atoms with E-state index in [4.69, 9.17) is 42.7 Å². The maximum Gasteiger partial charge on any atom is 0.573 e. The highest BCUT2D eigenvalue weighted by Gasteiger charge is 2.49. The number of carboxylic acid groups (broad SMARTS) is 1. The number of carbonyl (C=O) groups excluding carboxylic acids is 1.